The molecule has 5 nitrogen and oxygen atoms in total. The van der Waals surface area contributed by atoms with Gasteiger partial charge >= 0.3 is 0 Å². The van der Waals surface area contributed by atoms with Gasteiger partial charge in [-0.05, 0) is 26.2 Å². The lowest BCUT2D eigenvalue weighted by molar-refractivity contribution is -0.156. The number of carbonyl (C=O) groups excluding carboxylic acids is 2. The van der Waals surface area contributed by atoms with Crippen molar-refractivity contribution < 1.29 is 14.3 Å². The van der Waals surface area contributed by atoms with Crippen molar-refractivity contribution in [1.29, 1.82) is 0 Å². The molecule has 1 heterocycles. The second-order valence-corrected chi connectivity index (χ2v) is 5.71. The number of piperazine rings is 1. The highest BCUT2D eigenvalue weighted by molar-refractivity contribution is 5.99. The standard InChI is InChI=1S/C16H28N2O3/c1-6-13-14(19)17-16(7-2,8-3)15(20)18(13)9-10-21-11-12(4)5/h13H,4,6-11H2,1-3,5H3,(H,17,19). The van der Waals surface area contributed by atoms with Gasteiger partial charge in [-0.1, -0.05) is 32.9 Å². The first-order chi connectivity index (χ1) is 9.91. The average Bonchev–Trinajstić information content (AvgIpc) is 2.46. The molecule has 0 spiro atoms. The van der Waals surface area contributed by atoms with Crippen LogP contribution in [0, 0.1) is 0 Å². The van der Waals surface area contributed by atoms with Crippen molar-refractivity contribution in [3.63, 3.8) is 0 Å². The van der Waals surface area contributed by atoms with Crippen molar-refractivity contribution in [2.45, 2.75) is 58.5 Å². The van der Waals surface area contributed by atoms with Crippen LogP contribution in [0.25, 0.3) is 0 Å². The fraction of sp³-hybridized carbons (Fsp3) is 0.750. The number of ether oxygens (including phenoxy) is 1. The predicted octanol–water partition coefficient (Wildman–Crippen LogP) is 1.87. The molecule has 1 saturated heterocycles. The van der Waals surface area contributed by atoms with Crippen LogP contribution in [-0.2, 0) is 14.3 Å². The largest absolute Gasteiger partial charge is 0.375 e. The van der Waals surface area contributed by atoms with E-state index in [4.69, 9.17) is 4.74 Å². The van der Waals surface area contributed by atoms with Gasteiger partial charge in [0.2, 0.25) is 11.8 Å². The highest BCUT2D eigenvalue weighted by Gasteiger charge is 2.47. The van der Waals surface area contributed by atoms with Gasteiger partial charge < -0.3 is 15.0 Å². The van der Waals surface area contributed by atoms with Crippen LogP contribution in [0.5, 0.6) is 0 Å². The molecule has 1 aliphatic rings. The summed E-state index contributed by atoms with van der Waals surface area (Å²) in [6.45, 7) is 12.8. The van der Waals surface area contributed by atoms with E-state index < -0.39 is 11.6 Å². The minimum absolute atomic E-state index is 0.0119. The van der Waals surface area contributed by atoms with Gasteiger partial charge in [0.15, 0.2) is 0 Å². The molecule has 120 valence electrons. The molecule has 0 radical (unpaired) electrons. The van der Waals surface area contributed by atoms with Crippen molar-refractivity contribution in [1.82, 2.24) is 10.2 Å². The fourth-order valence-corrected chi connectivity index (χ4v) is 2.73. The van der Waals surface area contributed by atoms with E-state index >= 15 is 0 Å². The van der Waals surface area contributed by atoms with Crippen molar-refractivity contribution in [3.05, 3.63) is 12.2 Å². The Morgan fingerprint density at radius 2 is 1.95 bits per heavy atom. The van der Waals surface area contributed by atoms with E-state index in [9.17, 15) is 9.59 Å². The number of rotatable bonds is 8. The summed E-state index contributed by atoms with van der Waals surface area (Å²) in [5.74, 6) is -0.0430. The van der Waals surface area contributed by atoms with E-state index in [2.05, 4.69) is 11.9 Å². The van der Waals surface area contributed by atoms with Gasteiger partial charge in [0, 0.05) is 6.54 Å². The monoisotopic (exact) mass is 296 g/mol. The van der Waals surface area contributed by atoms with E-state index in [1.807, 2.05) is 27.7 Å². The van der Waals surface area contributed by atoms with Gasteiger partial charge in [-0.3, -0.25) is 9.59 Å². The molecule has 0 aromatic carbocycles. The van der Waals surface area contributed by atoms with Crippen LogP contribution < -0.4 is 5.32 Å². The maximum Gasteiger partial charge on any atom is 0.249 e. The Bertz CT molecular complexity index is 402. The third kappa shape index (κ3) is 3.84. The first-order valence-electron chi connectivity index (χ1n) is 7.77. The highest BCUT2D eigenvalue weighted by atomic mass is 16.5. The number of nitrogens with one attached hydrogen (secondary N) is 1. The van der Waals surface area contributed by atoms with Crippen LogP contribution in [0.15, 0.2) is 12.2 Å². The second-order valence-electron chi connectivity index (χ2n) is 5.71. The number of hydrogen-bond donors (Lipinski definition) is 1. The molecule has 0 aromatic rings. The molecule has 2 amide bonds. The van der Waals surface area contributed by atoms with Crippen LogP contribution in [-0.4, -0.2) is 48.1 Å². The first-order valence-corrected chi connectivity index (χ1v) is 7.77. The molecule has 0 bridgehead atoms. The molecule has 0 aromatic heterocycles. The van der Waals surface area contributed by atoms with Crippen molar-refractivity contribution in [2.75, 3.05) is 19.8 Å². The third-order valence-corrected chi connectivity index (χ3v) is 4.13. The zero-order valence-electron chi connectivity index (χ0n) is 13.7. The van der Waals surface area contributed by atoms with Crippen LogP contribution in [0.4, 0.5) is 0 Å². The van der Waals surface area contributed by atoms with Crippen LogP contribution in [0.3, 0.4) is 0 Å². The summed E-state index contributed by atoms with van der Waals surface area (Å²) in [7, 11) is 0. The van der Waals surface area contributed by atoms with Gasteiger partial charge in [-0.25, -0.2) is 0 Å². The Labute approximate surface area is 127 Å². The topological polar surface area (TPSA) is 58.6 Å². The molecule has 1 atom stereocenters. The SMILES string of the molecule is C=C(C)COCCN1C(=O)C(CC)(CC)NC(=O)C1CC. The molecular weight excluding hydrogens is 268 g/mol. The Morgan fingerprint density at radius 1 is 1.33 bits per heavy atom. The van der Waals surface area contributed by atoms with E-state index in [1.165, 1.54) is 0 Å². The summed E-state index contributed by atoms with van der Waals surface area (Å²) in [5, 5.41) is 2.93. The number of nitrogens with zero attached hydrogens (tertiary/aromatic N) is 1. The molecule has 21 heavy (non-hydrogen) atoms. The predicted molar refractivity (Wildman–Crippen MR) is 82.9 cm³/mol. The third-order valence-electron chi connectivity index (χ3n) is 4.13. The minimum atomic E-state index is -0.753. The minimum Gasteiger partial charge on any atom is -0.375 e. The summed E-state index contributed by atoms with van der Waals surface area (Å²) in [6.07, 6.45) is 1.82. The van der Waals surface area contributed by atoms with Crippen LogP contribution in [0.1, 0.15) is 47.0 Å². The number of carbonyl (C=O) groups is 2. The molecule has 1 N–H and O–H groups in total. The summed E-state index contributed by atoms with van der Waals surface area (Å²) in [4.78, 5) is 26.8. The summed E-state index contributed by atoms with van der Waals surface area (Å²) >= 11 is 0. The zero-order valence-corrected chi connectivity index (χ0v) is 13.7. The van der Waals surface area contributed by atoms with Crippen LogP contribution in [0.2, 0.25) is 0 Å². The lowest BCUT2D eigenvalue weighted by atomic mass is 9.86. The number of hydrogen-bond acceptors (Lipinski definition) is 3. The zero-order chi connectivity index (χ0) is 16.0. The van der Waals surface area contributed by atoms with E-state index in [0.717, 1.165) is 5.57 Å². The second kappa shape index (κ2) is 7.59. The molecular formula is C16H28N2O3. The Hall–Kier alpha value is -1.36. The van der Waals surface area contributed by atoms with Gasteiger partial charge in [0.05, 0.1) is 13.2 Å². The summed E-state index contributed by atoms with van der Waals surface area (Å²) in [5.41, 5.74) is 0.193. The summed E-state index contributed by atoms with van der Waals surface area (Å²) < 4.78 is 5.48. The molecule has 5 heteroatoms. The lowest BCUT2D eigenvalue weighted by Gasteiger charge is -2.45. The van der Waals surface area contributed by atoms with E-state index in [1.54, 1.807) is 4.90 Å². The van der Waals surface area contributed by atoms with Gasteiger partial charge in [-0.2, -0.15) is 0 Å². The Kier molecular flexibility index (Phi) is 6.40. The summed E-state index contributed by atoms with van der Waals surface area (Å²) in [6, 6.07) is -0.392. The van der Waals surface area contributed by atoms with Crippen molar-refractivity contribution in [3.8, 4) is 0 Å². The average molecular weight is 296 g/mol. The fourth-order valence-electron chi connectivity index (χ4n) is 2.73. The molecule has 1 unspecified atom stereocenters. The molecule has 0 saturated carbocycles. The Balaban J connectivity index is 2.81. The highest BCUT2D eigenvalue weighted by Crippen LogP contribution is 2.25. The van der Waals surface area contributed by atoms with Crippen molar-refractivity contribution in [2.24, 2.45) is 0 Å². The normalized spacial score (nSPS) is 21.3. The first kappa shape index (κ1) is 17.7. The molecule has 0 aliphatic carbocycles. The quantitative estimate of drug-likeness (QED) is 0.549. The van der Waals surface area contributed by atoms with Crippen LogP contribution >= 0.6 is 0 Å². The number of amides is 2. The molecule has 1 fully saturated rings. The van der Waals surface area contributed by atoms with Gasteiger partial charge in [0.25, 0.3) is 0 Å². The molecule has 1 rings (SSSR count). The molecule has 1 aliphatic heterocycles. The smallest absolute Gasteiger partial charge is 0.249 e. The lowest BCUT2D eigenvalue weighted by Crippen LogP contribution is -2.70. The van der Waals surface area contributed by atoms with E-state index in [0.29, 0.717) is 39.0 Å². The van der Waals surface area contributed by atoms with E-state index in [-0.39, 0.29) is 11.8 Å². The van der Waals surface area contributed by atoms with Gasteiger partial charge in [0.1, 0.15) is 11.6 Å². The van der Waals surface area contributed by atoms with Crippen molar-refractivity contribution >= 4 is 11.8 Å². The Morgan fingerprint density at radius 3 is 2.43 bits per heavy atom. The van der Waals surface area contributed by atoms with Gasteiger partial charge in [-0.15, -0.1) is 0 Å². The maximum absolute atomic E-state index is 12.8. The maximum atomic E-state index is 12.8.